The number of carbonyl (C=O) groups excluding carboxylic acids is 2. The molecule has 1 aromatic heterocycles. The van der Waals surface area contributed by atoms with Crippen molar-refractivity contribution in [3.63, 3.8) is 0 Å². The molecule has 6 nitrogen and oxygen atoms in total. The van der Waals surface area contributed by atoms with Crippen molar-refractivity contribution in [3.8, 4) is 16.3 Å². The number of hydrogen-bond acceptors (Lipinski definition) is 6. The fourth-order valence-electron chi connectivity index (χ4n) is 2.03. The van der Waals surface area contributed by atoms with E-state index in [4.69, 9.17) is 4.74 Å². The first-order valence-electron chi connectivity index (χ1n) is 7.44. The first kappa shape index (κ1) is 17.6. The number of amides is 1. The first-order chi connectivity index (χ1) is 12.5. The lowest BCUT2D eigenvalue weighted by Gasteiger charge is -2.05. The second-order valence-electron chi connectivity index (χ2n) is 5.08. The molecule has 0 aliphatic heterocycles. The third-order valence-corrected chi connectivity index (χ3v) is 4.19. The van der Waals surface area contributed by atoms with Crippen molar-refractivity contribution in [2.24, 2.45) is 0 Å². The molecule has 1 heterocycles. The Hall–Kier alpha value is -3.26. The van der Waals surface area contributed by atoms with Crippen molar-refractivity contribution in [2.75, 3.05) is 12.4 Å². The monoisotopic (exact) mass is 372 g/mol. The van der Waals surface area contributed by atoms with Crippen LogP contribution in [0.5, 0.6) is 5.75 Å². The molecule has 1 N–H and O–H groups in total. The van der Waals surface area contributed by atoms with Crippen LogP contribution in [0.3, 0.4) is 0 Å². The van der Waals surface area contributed by atoms with E-state index in [1.807, 2.05) is 0 Å². The third kappa shape index (κ3) is 4.22. The first-order valence-corrected chi connectivity index (χ1v) is 8.32. The van der Waals surface area contributed by atoms with Crippen molar-refractivity contribution in [3.05, 3.63) is 65.4 Å². The average molecular weight is 372 g/mol. The molecule has 0 aliphatic rings. The van der Waals surface area contributed by atoms with Crippen LogP contribution in [0.15, 0.2) is 53.9 Å². The summed E-state index contributed by atoms with van der Waals surface area (Å²) in [5, 5.41) is 4.66. The summed E-state index contributed by atoms with van der Waals surface area (Å²) in [6, 6.07) is 12.1. The molecule has 0 atom stereocenters. The Morgan fingerprint density at radius 2 is 1.77 bits per heavy atom. The normalized spacial score (nSPS) is 10.2. The second-order valence-corrected chi connectivity index (χ2v) is 5.93. The van der Waals surface area contributed by atoms with E-state index < -0.39 is 12.1 Å². The number of aromatic nitrogens is 1. The maximum absolute atomic E-state index is 13.0. The summed E-state index contributed by atoms with van der Waals surface area (Å²) < 4.78 is 22.7. The van der Waals surface area contributed by atoms with E-state index in [-0.39, 0.29) is 11.5 Å². The van der Waals surface area contributed by atoms with Crippen molar-refractivity contribution in [2.45, 2.75) is 0 Å². The molecule has 3 rings (SSSR count). The zero-order valence-electron chi connectivity index (χ0n) is 13.6. The molecule has 3 aromatic rings. The van der Waals surface area contributed by atoms with Crippen LogP contribution in [0, 0.1) is 5.82 Å². The third-order valence-electron chi connectivity index (χ3n) is 3.30. The van der Waals surface area contributed by atoms with Crippen LogP contribution in [0.4, 0.5) is 14.9 Å². The van der Waals surface area contributed by atoms with Crippen LogP contribution in [0.25, 0.3) is 10.6 Å². The van der Waals surface area contributed by atoms with E-state index >= 15 is 0 Å². The van der Waals surface area contributed by atoms with Gasteiger partial charge in [0.25, 0.3) is 0 Å². The quantitative estimate of drug-likeness (QED) is 0.544. The van der Waals surface area contributed by atoms with Gasteiger partial charge < -0.3 is 9.47 Å². The fourth-order valence-corrected chi connectivity index (χ4v) is 2.82. The molecule has 0 saturated heterocycles. The summed E-state index contributed by atoms with van der Waals surface area (Å²) in [6.45, 7) is 0. The number of anilines is 1. The number of carbonyl (C=O) groups is 2. The molecular weight excluding hydrogens is 359 g/mol. The van der Waals surface area contributed by atoms with Gasteiger partial charge in [-0.1, -0.05) is 0 Å². The lowest BCUT2D eigenvalue weighted by molar-refractivity contribution is 0.0729. The van der Waals surface area contributed by atoms with Crippen LogP contribution < -0.4 is 10.1 Å². The smallest absolute Gasteiger partial charge is 0.411 e. The lowest BCUT2D eigenvalue weighted by Crippen LogP contribution is -2.11. The van der Waals surface area contributed by atoms with Crippen LogP contribution in [-0.2, 0) is 4.74 Å². The van der Waals surface area contributed by atoms with Crippen molar-refractivity contribution in [1.29, 1.82) is 0 Å². The minimum absolute atomic E-state index is 0.158. The number of thiazole rings is 1. The Kier molecular flexibility index (Phi) is 5.23. The summed E-state index contributed by atoms with van der Waals surface area (Å²) in [7, 11) is 1.26. The Morgan fingerprint density at radius 3 is 2.42 bits per heavy atom. The van der Waals surface area contributed by atoms with Crippen LogP contribution >= 0.6 is 11.3 Å². The Bertz CT molecular complexity index is 923. The Labute approximate surface area is 152 Å². The fraction of sp³-hybridized carbons (Fsp3) is 0.0556. The van der Waals surface area contributed by atoms with Gasteiger partial charge in [-0.2, -0.15) is 0 Å². The van der Waals surface area contributed by atoms with E-state index in [9.17, 15) is 14.0 Å². The molecule has 0 radical (unpaired) electrons. The molecular formula is C18H13FN2O4S. The van der Waals surface area contributed by atoms with E-state index in [0.29, 0.717) is 22.0 Å². The number of methoxy groups -OCH3 is 1. The summed E-state index contributed by atoms with van der Waals surface area (Å²) in [5.74, 6) is -0.639. The highest BCUT2D eigenvalue weighted by atomic mass is 32.1. The highest BCUT2D eigenvalue weighted by Gasteiger charge is 2.14. The average Bonchev–Trinajstić information content (AvgIpc) is 3.14. The molecule has 0 fully saturated rings. The molecule has 0 aliphatic carbocycles. The second kappa shape index (κ2) is 7.75. The zero-order chi connectivity index (χ0) is 18.5. The Morgan fingerprint density at radius 1 is 1.08 bits per heavy atom. The number of nitrogens with one attached hydrogen (secondary N) is 1. The number of ether oxygens (including phenoxy) is 2. The predicted molar refractivity (Wildman–Crippen MR) is 94.9 cm³/mol. The predicted octanol–water partition coefficient (Wildman–Crippen LogP) is 4.35. The minimum Gasteiger partial charge on any atom is -0.453 e. The summed E-state index contributed by atoms with van der Waals surface area (Å²) in [4.78, 5) is 27.5. The summed E-state index contributed by atoms with van der Waals surface area (Å²) >= 11 is 1.26. The van der Waals surface area contributed by atoms with Gasteiger partial charge in [-0.05, 0) is 48.5 Å². The number of esters is 1. The zero-order valence-corrected chi connectivity index (χ0v) is 14.4. The van der Waals surface area contributed by atoms with Gasteiger partial charge in [-0.3, -0.25) is 5.32 Å². The number of rotatable bonds is 4. The Balaban J connectivity index is 1.66. The number of nitrogens with zero attached hydrogens (tertiary/aromatic N) is 1. The van der Waals surface area contributed by atoms with Gasteiger partial charge in [-0.25, -0.2) is 19.0 Å². The van der Waals surface area contributed by atoms with Crippen molar-refractivity contribution in [1.82, 2.24) is 4.98 Å². The maximum Gasteiger partial charge on any atom is 0.411 e. The van der Waals surface area contributed by atoms with Gasteiger partial charge in [0.05, 0.1) is 7.11 Å². The van der Waals surface area contributed by atoms with Gasteiger partial charge >= 0.3 is 12.1 Å². The molecule has 0 bridgehead atoms. The van der Waals surface area contributed by atoms with Crippen LogP contribution in [0.1, 0.15) is 10.5 Å². The van der Waals surface area contributed by atoms with Crippen molar-refractivity contribution >= 4 is 29.1 Å². The van der Waals surface area contributed by atoms with E-state index in [1.165, 1.54) is 42.7 Å². The van der Waals surface area contributed by atoms with Gasteiger partial charge in [0.15, 0.2) is 5.69 Å². The van der Waals surface area contributed by atoms with Gasteiger partial charge in [0, 0.05) is 16.6 Å². The van der Waals surface area contributed by atoms with Gasteiger partial charge in [0.2, 0.25) is 0 Å². The molecule has 132 valence electrons. The SMILES string of the molecule is COC(=O)Nc1ccc(OC(=O)c2csc(-c3ccc(F)cc3)n2)cc1. The van der Waals surface area contributed by atoms with Gasteiger partial charge in [-0.15, -0.1) is 11.3 Å². The van der Waals surface area contributed by atoms with E-state index in [0.717, 1.165) is 0 Å². The molecule has 0 unspecified atom stereocenters. The molecule has 0 spiro atoms. The molecule has 26 heavy (non-hydrogen) atoms. The number of benzene rings is 2. The van der Waals surface area contributed by atoms with Crippen molar-refractivity contribution < 1.29 is 23.5 Å². The van der Waals surface area contributed by atoms with E-state index in [1.54, 1.807) is 29.6 Å². The molecule has 2 aromatic carbocycles. The maximum atomic E-state index is 13.0. The van der Waals surface area contributed by atoms with Crippen LogP contribution in [-0.4, -0.2) is 24.2 Å². The van der Waals surface area contributed by atoms with Crippen LogP contribution in [0.2, 0.25) is 0 Å². The number of hydrogen-bond donors (Lipinski definition) is 1. The molecule has 8 heteroatoms. The summed E-state index contributed by atoms with van der Waals surface area (Å²) in [5.41, 5.74) is 1.38. The summed E-state index contributed by atoms with van der Waals surface area (Å²) in [6.07, 6.45) is -0.592. The highest BCUT2D eigenvalue weighted by molar-refractivity contribution is 7.13. The van der Waals surface area contributed by atoms with E-state index in [2.05, 4.69) is 15.0 Å². The highest BCUT2D eigenvalue weighted by Crippen LogP contribution is 2.25. The van der Waals surface area contributed by atoms with Gasteiger partial charge in [0.1, 0.15) is 16.6 Å². The standard InChI is InChI=1S/C18H13FN2O4S/c1-24-18(23)20-13-6-8-14(9-7-13)25-17(22)15-10-26-16(21-15)11-2-4-12(19)5-3-11/h2-10H,1H3,(H,20,23). The largest absolute Gasteiger partial charge is 0.453 e. The molecule has 0 saturated carbocycles. The number of halogens is 1. The molecule has 1 amide bonds. The topological polar surface area (TPSA) is 77.5 Å². The lowest BCUT2D eigenvalue weighted by atomic mass is 10.2. The minimum atomic E-state index is -0.608.